The van der Waals surface area contributed by atoms with E-state index in [4.69, 9.17) is 27.9 Å². The van der Waals surface area contributed by atoms with Gasteiger partial charge in [0.25, 0.3) is 0 Å². The summed E-state index contributed by atoms with van der Waals surface area (Å²) in [6, 6.07) is 20.1. The summed E-state index contributed by atoms with van der Waals surface area (Å²) in [4.78, 5) is 29.3. The number of hydrogen-bond donors (Lipinski definition) is 1. The average Bonchev–Trinajstić information content (AvgIpc) is 2.90. The summed E-state index contributed by atoms with van der Waals surface area (Å²) < 4.78 is 32.1. The number of methoxy groups -OCH3 is 1. The Hall–Kier alpha value is -3.27. The van der Waals surface area contributed by atoms with Gasteiger partial charge in [-0.3, -0.25) is 13.9 Å². The summed E-state index contributed by atoms with van der Waals surface area (Å²) in [6.07, 6.45) is 1.19. The molecule has 11 heteroatoms. The molecule has 3 aromatic carbocycles. The number of anilines is 1. The number of halogens is 2. The molecule has 0 aliphatic heterocycles. The van der Waals surface area contributed by atoms with Crippen LogP contribution >= 0.6 is 23.2 Å². The highest BCUT2D eigenvalue weighted by molar-refractivity contribution is 7.92. The van der Waals surface area contributed by atoms with E-state index in [2.05, 4.69) is 5.32 Å². The van der Waals surface area contributed by atoms with Gasteiger partial charge < -0.3 is 15.0 Å². The molecule has 0 bridgehead atoms. The zero-order valence-electron chi connectivity index (χ0n) is 23.7. The van der Waals surface area contributed by atoms with E-state index in [1.54, 1.807) is 24.3 Å². The highest BCUT2D eigenvalue weighted by atomic mass is 35.5. The maximum absolute atomic E-state index is 14.2. The van der Waals surface area contributed by atoms with E-state index in [0.29, 0.717) is 11.3 Å². The predicted molar refractivity (Wildman–Crippen MR) is 164 cm³/mol. The van der Waals surface area contributed by atoms with Crippen LogP contribution in [0.15, 0.2) is 72.8 Å². The first-order valence-corrected chi connectivity index (χ1v) is 15.5. The van der Waals surface area contributed by atoms with Gasteiger partial charge in [-0.05, 0) is 56.2 Å². The van der Waals surface area contributed by atoms with Gasteiger partial charge in [-0.25, -0.2) is 8.42 Å². The Labute approximate surface area is 252 Å². The molecule has 0 aromatic heterocycles. The molecule has 1 N–H and O–H groups in total. The molecule has 0 heterocycles. The lowest BCUT2D eigenvalue weighted by molar-refractivity contribution is -0.140. The molecule has 220 valence electrons. The average molecular weight is 621 g/mol. The van der Waals surface area contributed by atoms with Gasteiger partial charge >= 0.3 is 0 Å². The van der Waals surface area contributed by atoms with Crippen LogP contribution in [0.5, 0.6) is 5.75 Å². The van der Waals surface area contributed by atoms with Gasteiger partial charge in [-0.2, -0.15) is 0 Å². The second-order valence-corrected chi connectivity index (χ2v) is 13.4. The van der Waals surface area contributed by atoms with E-state index in [-0.39, 0.29) is 34.6 Å². The minimum atomic E-state index is -3.98. The van der Waals surface area contributed by atoms with Crippen LogP contribution in [-0.4, -0.2) is 56.6 Å². The minimum absolute atomic E-state index is 0.00181. The second kappa shape index (κ2) is 13.6. The SMILES string of the molecule is COc1cccc(CN(C(=O)CN(c2cccc(Cl)c2Cl)S(C)(=O)=O)[C@H](Cc2ccccc2)C(=O)NC(C)(C)C)c1. The number of carbonyl (C=O) groups excluding carboxylic acids is 2. The second-order valence-electron chi connectivity index (χ2n) is 10.7. The third kappa shape index (κ3) is 9.11. The van der Waals surface area contributed by atoms with Crippen LogP contribution in [-0.2, 0) is 32.6 Å². The molecule has 0 spiro atoms. The largest absolute Gasteiger partial charge is 0.497 e. The number of ether oxygens (including phenoxy) is 1. The van der Waals surface area contributed by atoms with Crippen molar-refractivity contribution in [1.29, 1.82) is 0 Å². The summed E-state index contributed by atoms with van der Waals surface area (Å²) in [6.45, 7) is 4.98. The van der Waals surface area contributed by atoms with E-state index < -0.39 is 34.1 Å². The zero-order valence-corrected chi connectivity index (χ0v) is 26.1. The first-order valence-electron chi connectivity index (χ1n) is 12.9. The fourth-order valence-electron chi connectivity index (χ4n) is 4.25. The Morgan fingerprint density at radius 2 is 1.59 bits per heavy atom. The first kappa shape index (κ1) is 32.2. The van der Waals surface area contributed by atoms with Crippen molar-refractivity contribution in [1.82, 2.24) is 10.2 Å². The molecule has 41 heavy (non-hydrogen) atoms. The third-order valence-corrected chi connectivity index (χ3v) is 8.07. The van der Waals surface area contributed by atoms with Crippen LogP contribution in [0.2, 0.25) is 10.0 Å². The topological polar surface area (TPSA) is 96.0 Å². The summed E-state index contributed by atoms with van der Waals surface area (Å²) in [7, 11) is -2.44. The predicted octanol–water partition coefficient (Wildman–Crippen LogP) is 5.32. The molecule has 2 amide bonds. The number of amides is 2. The van der Waals surface area contributed by atoms with Crippen LogP contribution in [0.25, 0.3) is 0 Å². The lowest BCUT2D eigenvalue weighted by Gasteiger charge is -2.35. The normalized spacial score (nSPS) is 12.4. The van der Waals surface area contributed by atoms with Crippen molar-refractivity contribution >= 4 is 50.7 Å². The van der Waals surface area contributed by atoms with Gasteiger partial charge in [0, 0.05) is 18.5 Å². The molecule has 0 saturated carbocycles. The molecule has 0 fully saturated rings. The van der Waals surface area contributed by atoms with Crippen molar-refractivity contribution in [3.63, 3.8) is 0 Å². The summed E-state index contributed by atoms with van der Waals surface area (Å²) in [5, 5.41) is 3.13. The maximum atomic E-state index is 14.2. The van der Waals surface area contributed by atoms with E-state index >= 15 is 0 Å². The number of rotatable bonds is 11. The summed E-state index contributed by atoms with van der Waals surface area (Å²) in [5.41, 5.74) is 1.02. The van der Waals surface area contributed by atoms with Crippen LogP contribution in [0.3, 0.4) is 0 Å². The van der Waals surface area contributed by atoms with Crippen molar-refractivity contribution in [2.75, 3.05) is 24.2 Å². The number of sulfonamides is 1. The van der Waals surface area contributed by atoms with Crippen LogP contribution in [0.1, 0.15) is 31.9 Å². The van der Waals surface area contributed by atoms with E-state index in [0.717, 1.165) is 16.1 Å². The highest BCUT2D eigenvalue weighted by Gasteiger charge is 2.34. The van der Waals surface area contributed by atoms with Gasteiger partial charge in [0.2, 0.25) is 21.8 Å². The van der Waals surface area contributed by atoms with Gasteiger partial charge in [0.05, 0.1) is 29.1 Å². The van der Waals surface area contributed by atoms with Gasteiger partial charge in [0.1, 0.15) is 18.3 Å². The fraction of sp³-hybridized carbons (Fsp3) is 0.333. The van der Waals surface area contributed by atoms with Crippen molar-refractivity contribution in [2.24, 2.45) is 0 Å². The number of carbonyl (C=O) groups is 2. The maximum Gasteiger partial charge on any atom is 0.244 e. The van der Waals surface area contributed by atoms with Crippen molar-refractivity contribution in [3.8, 4) is 5.75 Å². The molecule has 0 aliphatic carbocycles. The van der Waals surface area contributed by atoms with Crippen molar-refractivity contribution < 1.29 is 22.7 Å². The number of nitrogens with zero attached hydrogens (tertiary/aromatic N) is 2. The Kier molecular flexibility index (Phi) is 10.7. The van der Waals surface area contributed by atoms with E-state index in [1.807, 2.05) is 57.2 Å². The summed E-state index contributed by atoms with van der Waals surface area (Å²) >= 11 is 12.5. The van der Waals surface area contributed by atoms with Crippen LogP contribution in [0.4, 0.5) is 5.69 Å². The fourth-order valence-corrected chi connectivity index (χ4v) is 5.56. The molecule has 3 rings (SSSR count). The molecule has 8 nitrogen and oxygen atoms in total. The lowest BCUT2D eigenvalue weighted by Crippen LogP contribution is -2.56. The standard InChI is InChI=1S/C30H35Cl2N3O5S/c1-30(2,3)33-29(37)26(18-21-11-7-6-8-12-21)34(19-22-13-9-14-23(17-22)40-4)27(36)20-35(41(5,38)39)25-16-10-15-24(31)28(25)32/h6-17,26H,18-20H2,1-5H3,(H,33,37)/t26-/m1/s1. The van der Waals surface area contributed by atoms with Crippen LogP contribution in [0, 0.1) is 0 Å². The number of hydrogen-bond acceptors (Lipinski definition) is 5. The Balaban J connectivity index is 2.12. The molecule has 3 aromatic rings. The lowest BCUT2D eigenvalue weighted by atomic mass is 10.0. The molecule has 1 atom stereocenters. The minimum Gasteiger partial charge on any atom is -0.497 e. The highest BCUT2D eigenvalue weighted by Crippen LogP contribution is 2.34. The monoisotopic (exact) mass is 619 g/mol. The Morgan fingerprint density at radius 1 is 0.951 bits per heavy atom. The molecule has 0 aliphatic rings. The van der Waals surface area contributed by atoms with Gasteiger partial charge in [0.15, 0.2) is 0 Å². The van der Waals surface area contributed by atoms with E-state index in [1.165, 1.54) is 24.1 Å². The number of benzene rings is 3. The quantitative estimate of drug-likeness (QED) is 0.313. The Bertz CT molecular complexity index is 1480. The van der Waals surface area contributed by atoms with Gasteiger partial charge in [-0.15, -0.1) is 0 Å². The van der Waals surface area contributed by atoms with E-state index in [9.17, 15) is 18.0 Å². The van der Waals surface area contributed by atoms with Crippen LogP contribution < -0.4 is 14.4 Å². The molecule has 0 saturated heterocycles. The molecular weight excluding hydrogens is 585 g/mol. The van der Waals surface area contributed by atoms with Crippen molar-refractivity contribution in [2.45, 2.75) is 45.3 Å². The summed E-state index contributed by atoms with van der Waals surface area (Å²) in [5.74, 6) is -0.388. The Morgan fingerprint density at radius 3 is 2.20 bits per heavy atom. The van der Waals surface area contributed by atoms with Gasteiger partial charge in [-0.1, -0.05) is 71.7 Å². The van der Waals surface area contributed by atoms with Crippen molar-refractivity contribution in [3.05, 3.63) is 94.0 Å². The molecular formula is C30H35Cl2N3O5S. The molecule has 0 unspecified atom stereocenters. The first-order chi connectivity index (χ1) is 19.2. The third-order valence-electron chi connectivity index (χ3n) is 6.14. The molecule has 0 radical (unpaired) electrons. The number of nitrogens with one attached hydrogen (secondary N) is 1. The zero-order chi connectivity index (χ0) is 30.4. The smallest absolute Gasteiger partial charge is 0.244 e.